The van der Waals surface area contributed by atoms with Crippen LogP contribution in [0.3, 0.4) is 0 Å². The summed E-state index contributed by atoms with van der Waals surface area (Å²) < 4.78 is 5.69. The van der Waals surface area contributed by atoms with Crippen LogP contribution in [0.15, 0.2) is 54.6 Å². The Kier molecular flexibility index (Phi) is 4.20. The largest absolute Gasteiger partial charge is 0.491 e. The van der Waals surface area contributed by atoms with Gasteiger partial charge in [-0.15, -0.1) is 0 Å². The minimum Gasteiger partial charge on any atom is -0.491 e. The molecule has 1 N–H and O–H groups in total. The van der Waals surface area contributed by atoms with Gasteiger partial charge in [-0.1, -0.05) is 48.5 Å². The Morgan fingerprint density at radius 1 is 1.10 bits per heavy atom. The summed E-state index contributed by atoms with van der Waals surface area (Å²) in [6.07, 6.45) is 2.13. The van der Waals surface area contributed by atoms with E-state index in [4.69, 9.17) is 4.74 Å². The SMILES string of the molecule is O=C(CCc1ccccc1)NC1COc2ccccc2C1. The van der Waals surface area contributed by atoms with Crippen LogP contribution >= 0.6 is 0 Å². The lowest BCUT2D eigenvalue weighted by Crippen LogP contribution is -2.42. The Hall–Kier alpha value is -2.29. The molecule has 0 fully saturated rings. The van der Waals surface area contributed by atoms with Crippen LogP contribution in [0.2, 0.25) is 0 Å². The third-order valence-electron chi connectivity index (χ3n) is 3.73. The number of carbonyl (C=O) groups excluding carboxylic acids is 1. The Morgan fingerprint density at radius 2 is 1.86 bits per heavy atom. The minimum atomic E-state index is 0.0724. The van der Waals surface area contributed by atoms with Gasteiger partial charge in [-0.05, 0) is 30.0 Å². The standard InChI is InChI=1S/C18H19NO2/c20-18(11-10-14-6-2-1-3-7-14)19-16-12-15-8-4-5-9-17(15)21-13-16/h1-9,16H,10-13H2,(H,19,20). The van der Waals surface area contributed by atoms with E-state index in [1.165, 1.54) is 5.56 Å². The smallest absolute Gasteiger partial charge is 0.220 e. The molecule has 0 bridgehead atoms. The predicted octanol–water partition coefficient (Wildman–Crippen LogP) is 2.74. The lowest BCUT2D eigenvalue weighted by molar-refractivity contribution is -0.122. The molecule has 1 aliphatic rings. The Bertz CT molecular complexity index is 610. The zero-order chi connectivity index (χ0) is 14.5. The van der Waals surface area contributed by atoms with Crippen LogP contribution < -0.4 is 10.1 Å². The average molecular weight is 281 g/mol. The van der Waals surface area contributed by atoms with Crippen LogP contribution in [0.4, 0.5) is 0 Å². The van der Waals surface area contributed by atoms with Crippen LogP contribution in [0, 0.1) is 0 Å². The van der Waals surface area contributed by atoms with Crippen molar-refractivity contribution in [2.24, 2.45) is 0 Å². The van der Waals surface area contributed by atoms with E-state index >= 15 is 0 Å². The number of ether oxygens (including phenoxy) is 1. The van der Waals surface area contributed by atoms with Crippen LogP contribution in [0.1, 0.15) is 17.5 Å². The fraction of sp³-hybridized carbons (Fsp3) is 0.278. The molecule has 2 aromatic carbocycles. The highest BCUT2D eigenvalue weighted by atomic mass is 16.5. The number of carbonyl (C=O) groups is 1. The number of fused-ring (bicyclic) bond motifs is 1. The molecular weight excluding hydrogens is 262 g/mol. The zero-order valence-corrected chi connectivity index (χ0v) is 11.9. The first-order valence-corrected chi connectivity index (χ1v) is 7.35. The number of hydrogen-bond donors (Lipinski definition) is 1. The van der Waals surface area contributed by atoms with Gasteiger partial charge in [0, 0.05) is 6.42 Å². The number of rotatable bonds is 4. The quantitative estimate of drug-likeness (QED) is 0.936. The van der Waals surface area contributed by atoms with Gasteiger partial charge in [-0.25, -0.2) is 0 Å². The summed E-state index contributed by atoms with van der Waals surface area (Å²) in [5, 5.41) is 3.07. The van der Waals surface area contributed by atoms with Gasteiger partial charge in [0.15, 0.2) is 0 Å². The van der Waals surface area contributed by atoms with E-state index in [0.717, 1.165) is 24.2 Å². The molecule has 1 atom stereocenters. The number of para-hydroxylation sites is 1. The lowest BCUT2D eigenvalue weighted by Gasteiger charge is -2.26. The van der Waals surface area contributed by atoms with Gasteiger partial charge in [0.25, 0.3) is 0 Å². The van der Waals surface area contributed by atoms with Crippen molar-refractivity contribution in [3.05, 3.63) is 65.7 Å². The highest BCUT2D eigenvalue weighted by Crippen LogP contribution is 2.23. The summed E-state index contributed by atoms with van der Waals surface area (Å²) in [6, 6.07) is 18.2. The molecule has 0 aromatic heterocycles. The molecule has 1 heterocycles. The van der Waals surface area contributed by atoms with Crippen molar-refractivity contribution in [3.63, 3.8) is 0 Å². The van der Waals surface area contributed by atoms with E-state index < -0.39 is 0 Å². The normalized spacial score (nSPS) is 16.7. The highest BCUT2D eigenvalue weighted by Gasteiger charge is 2.20. The first kappa shape index (κ1) is 13.7. The summed E-state index contributed by atoms with van der Waals surface area (Å²) in [5.74, 6) is 1.03. The maximum atomic E-state index is 12.0. The van der Waals surface area contributed by atoms with Crippen molar-refractivity contribution in [2.45, 2.75) is 25.3 Å². The Labute approximate surface area is 124 Å². The number of aryl methyl sites for hydroxylation is 1. The third-order valence-corrected chi connectivity index (χ3v) is 3.73. The molecule has 0 saturated carbocycles. The van der Waals surface area contributed by atoms with Gasteiger partial charge >= 0.3 is 0 Å². The summed E-state index contributed by atoms with van der Waals surface area (Å²) in [4.78, 5) is 12.0. The van der Waals surface area contributed by atoms with Gasteiger partial charge in [0.2, 0.25) is 5.91 Å². The summed E-state index contributed by atoms with van der Waals surface area (Å²) in [7, 11) is 0. The highest BCUT2D eigenvalue weighted by molar-refractivity contribution is 5.76. The second-order valence-electron chi connectivity index (χ2n) is 5.37. The maximum absolute atomic E-state index is 12.0. The second kappa shape index (κ2) is 6.44. The van der Waals surface area contributed by atoms with E-state index in [9.17, 15) is 4.79 Å². The lowest BCUT2D eigenvalue weighted by atomic mass is 10.0. The fourth-order valence-electron chi connectivity index (χ4n) is 2.62. The minimum absolute atomic E-state index is 0.0724. The van der Waals surface area contributed by atoms with Gasteiger partial charge in [0.1, 0.15) is 12.4 Å². The van der Waals surface area contributed by atoms with Crippen LogP contribution in [-0.4, -0.2) is 18.6 Å². The van der Waals surface area contributed by atoms with Gasteiger partial charge in [0.05, 0.1) is 6.04 Å². The van der Waals surface area contributed by atoms with Gasteiger partial charge in [-0.2, -0.15) is 0 Å². The monoisotopic (exact) mass is 281 g/mol. The van der Waals surface area contributed by atoms with Crippen molar-refractivity contribution < 1.29 is 9.53 Å². The molecule has 1 aliphatic heterocycles. The molecule has 3 heteroatoms. The van der Waals surface area contributed by atoms with Crippen molar-refractivity contribution in [2.75, 3.05) is 6.61 Å². The number of nitrogens with one attached hydrogen (secondary N) is 1. The van der Waals surface area contributed by atoms with Crippen LogP contribution in [0.5, 0.6) is 5.75 Å². The number of hydrogen-bond acceptors (Lipinski definition) is 2. The summed E-state index contributed by atoms with van der Waals surface area (Å²) in [5.41, 5.74) is 2.36. The molecule has 0 saturated heterocycles. The predicted molar refractivity (Wildman–Crippen MR) is 82.3 cm³/mol. The number of benzene rings is 2. The molecule has 1 unspecified atom stereocenters. The first-order valence-electron chi connectivity index (χ1n) is 7.35. The van der Waals surface area contributed by atoms with Crippen LogP contribution in [-0.2, 0) is 17.6 Å². The van der Waals surface area contributed by atoms with E-state index in [1.54, 1.807) is 0 Å². The topological polar surface area (TPSA) is 38.3 Å². The molecule has 2 aromatic rings. The maximum Gasteiger partial charge on any atom is 0.220 e. The molecular formula is C18H19NO2. The fourth-order valence-corrected chi connectivity index (χ4v) is 2.62. The van der Waals surface area contributed by atoms with Crippen molar-refractivity contribution in [1.82, 2.24) is 5.32 Å². The zero-order valence-electron chi connectivity index (χ0n) is 11.9. The number of amides is 1. The van der Waals surface area contributed by atoms with Crippen molar-refractivity contribution in [3.8, 4) is 5.75 Å². The van der Waals surface area contributed by atoms with E-state index in [2.05, 4.69) is 11.4 Å². The molecule has 3 rings (SSSR count). The van der Waals surface area contributed by atoms with Gasteiger partial charge in [-0.3, -0.25) is 4.79 Å². The Morgan fingerprint density at radius 3 is 2.71 bits per heavy atom. The average Bonchev–Trinajstić information content (AvgIpc) is 2.54. The van der Waals surface area contributed by atoms with Crippen molar-refractivity contribution >= 4 is 5.91 Å². The van der Waals surface area contributed by atoms with E-state index in [0.29, 0.717) is 13.0 Å². The Balaban J connectivity index is 1.50. The van der Waals surface area contributed by atoms with E-state index in [1.807, 2.05) is 48.5 Å². The first-order chi connectivity index (χ1) is 10.3. The summed E-state index contributed by atoms with van der Waals surface area (Å²) >= 11 is 0. The second-order valence-corrected chi connectivity index (χ2v) is 5.37. The molecule has 0 spiro atoms. The molecule has 3 nitrogen and oxygen atoms in total. The molecule has 1 amide bonds. The van der Waals surface area contributed by atoms with Crippen LogP contribution in [0.25, 0.3) is 0 Å². The van der Waals surface area contributed by atoms with Gasteiger partial charge < -0.3 is 10.1 Å². The molecule has 21 heavy (non-hydrogen) atoms. The molecule has 0 aliphatic carbocycles. The molecule has 0 radical (unpaired) electrons. The van der Waals surface area contributed by atoms with E-state index in [-0.39, 0.29) is 11.9 Å². The third kappa shape index (κ3) is 3.63. The summed E-state index contributed by atoms with van der Waals surface area (Å²) in [6.45, 7) is 0.550. The van der Waals surface area contributed by atoms with Crippen molar-refractivity contribution in [1.29, 1.82) is 0 Å². The molecule has 108 valence electrons.